The van der Waals surface area contributed by atoms with Gasteiger partial charge in [0.25, 0.3) is 0 Å². The summed E-state index contributed by atoms with van der Waals surface area (Å²) >= 11 is 1.90. The van der Waals surface area contributed by atoms with Gasteiger partial charge in [-0.05, 0) is 49.7 Å². The summed E-state index contributed by atoms with van der Waals surface area (Å²) in [6.45, 7) is 0. The molecule has 1 saturated heterocycles. The Morgan fingerprint density at radius 1 is 1.15 bits per heavy atom. The maximum atomic E-state index is 12.0. The highest BCUT2D eigenvalue weighted by molar-refractivity contribution is 8.00. The Morgan fingerprint density at radius 2 is 1.92 bits per heavy atom. The Morgan fingerprint density at radius 3 is 2.54 bits per heavy atom. The first-order valence-corrected chi connectivity index (χ1v) is 6.55. The highest BCUT2D eigenvalue weighted by Crippen LogP contribution is 2.55. The van der Waals surface area contributed by atoms with Crippen LogP contribution in [0.3, 0.4) is 0 Å². The molecule has 3 aliphatic rings. The Kier molecular flexibility index (Phi) is 1.93. The lowest BCUT2D eigenvalue weighted by atomic mass is 9.95. The quantitative estimate of drug-likeness (QED) is 0.675. The van der Waals surface area contributed by atoms with Crippen molar-refractivity contribution >= 4 is 17.5 Å². The van der Waals surface area contributed by atoms with Crippen LogP contribution in [0.1, 0.15) is 32.1 Å². The zero-order valence-corrected chi connectivity index (χ0v) is 8.69. The highest BCUT2D eigenvalue weighted by Gasteiger charge is 2.49. The number of hydrogen-bond donors (Lipinski definition) is 0. The van der Waals surface area contributed by atoms with Gasteiger partial charge in [-0.15, -0.1) is 0 Å². The molecule has 0 aromatic rings. The van der Waals surface area contributed by atoms with Crippen molar-refractivity contribution < 1.29 is 4.79 Å². The van der Waals surface area contributed by atoms with Crippen molar-refractivity contribution in [1.29, 1.82) is 0 Å². The normalized spacial score (nSPS) is 47.7. The fourth-order valence-corrected chi connectivity index (χ4v) is 4.32. The Bertz CT molecular complexity index is 222. The van der Waals surface area contributed by atoms with E-state index in [1.165, 1.54) is 31.4 Å². The fourth-order valence-electron chi connectivity index (χ4n) is 3.01. The summed E-state index contributed by atoms with van der Waals surface area (Å²) in [4.78, 5) is 12.0. The molecule has 1 aliphatic heterocycles. The van der Waals surface area contributed by atoms with Crippen LogP contribution in [0.15, 0.2) is 0 Å². The van der Waals surface area contributed by atoms with Gasteiger partial charge in [0.05, 0.1) is 5.25 Å². The molecule has 0 spiro atoms. The number of Topliss-reactive ketones (excluding diaryl/α,β-unsaturated/α-hetero) is 1. The molecule has 3 fully saturated rings. The lowest BCUT2D eigenvalue weighted by molar-refractivity contribution is -0.122. The van der Waals surface area contributed by atoms with Gasteiger partial charge in [0.1, 0.15) is 5.78 Å². The maximum Gasteiger partial charge on any atom is 0.148 e. The van der Waals surface area contributed by atoms with E-state index in [0.29, 0.717) is 17.0 Å². The molecule has 0 radical (unpaired) electrons. The van der Waals surface area contributed by atoms with Crippen LogP contribution in [0.4, 0.5) is 0 Å². The van der Waals surface area contributed by atoms with Crippen LogP contribution in [0.2, 0.25) is 0 Å². The van der Waals surface area contributed by atoms with Crippen LogP contribution in [-0.2, 0) is 4.79 Å². The molecule has 0 amide bonds. The summed E-state index contributed by atoms with van der Waals surface area (Å²) in [5.74, 6) is 4.21. The average molecular weight is 196 g/mol. The number of ketones is 1. The van der Waals surface area contributed by atoms with E-state index < -0.39 is 0 Å². The largest absolute Gasteiger partial charge is 0.298 e. The Labute approximate surface area is 83.7 Å². The number of carbonyl (C=O) groups excluding carboxylic acids is 1. The minimum Gasteiger partial charge on any atom is -0.298 e. The van der Waals surface area contributed by atoms with E-state index in [4.69, 9.17) is 0 Å². The number of thioether (sulfide) groups is 1. The third-order valence-electron chi connectivity index (χ3n) is 3.89. The van der Waals surface area contributed by atoms with Crippen molar-refractivity contribution in [2.45, 2.75) is 37.4 Å². The third kappa shape index (κ3) is 1.43. The van der Waals surface area contributed by atoms with Crippen molar-refractivity contribution in [3.63, 3.8) is 0 Å². The van der Waals surface area contributed by atoms with Gasteiger partial charge in [-0.1, -0.05) is 0 Å². The minimum absolute atomic E-state index is 0.391. The summed E-state index contributed by atoms with van der Waals surface area (Å²) in [5.41, 5.74) is 0. The monoisotopic (exact) mass is 196 g/mol. The first-order valence-electron chi connectivity index (χ1n) is 5.50. The molecule has 2 saturated carbocycles. The van der Waals surface area contributed by atoms with Crippen LogP contribution in [0.25, 0.3) is 0 Å². The molecule has 3 unspecified atom stereocenters. The van der Waals surface area contributed by atoms with Gasteiger partial charge in [-0.3, -0.25) is 4.79 Å². The maximum absolute atomic E-state index is 12.0. The highest BCUT2D eigenvalue weighted by atomic mass is 32.2. The summed E-state index contributed by atoms with van der Waals surface area (Å²) in [7, 11) is 0. The molecule has 72 valence electrons. The summed E-state index contributed by atoms with van der Waals surface area (Å²) in [6.07, 6.45) is 6.33. The molecule has 0 aromatic carbocycles. The van der Waals surface area contributed by atoms with Gasteiger partial charge >= 0.3 is 0 Å². The fraction of sp³-hybridized carbons (Fsp3) is 0.909. The van der Waals surface area contributed by atoms with Gasteiger partial charge < -0.3 is 0 Å². The predicted octanol–water partition coefficient (Wildman–Crippen LogP) is 2.50. The molecule has 13 heavy (non-hydrogen) atoms. The lowest BCUT2D eigenvalue weighted by Crippen LogP contribution is -2.22. The Balaban J connectivity index is 1.61. The van der Waals surface area contributed by atoms with Crippen molar-refractivity contribution in [3.8, 4) is 0 Å². The van der Waals surface area contributed by atoms with E-state index in [0.717, 1.165) is 18.3 Å². The van der Waals surface area contributed by atoms with E-state index >= 15 is 0 Å². The SMILES string of the molecule is O=C(C1CC2CC2C1)C1CCCS1. The lowest BCUT2D eigenvalue weighted by Gasteiger charge is -2.14. The van der Waals surface area contributed by atoms with E-state index in [-0.39, 0.29) is 0 Å². The third-order valence-corrected chi connectivity index (χ3v) is 5.29. The number of hydrogen-bond acceptors (Lipinski definition) is 2. The van der Waals surface area contributed by atoms with Crippen LogP contribution in [0, 0.1) is 17.8 Å². The second-order valence-corrected chi connectivity index (χ2v) is 6.14. The molecule has 3 rings (SSSR count). The smallest absolute Gasteiger partial charge is 0.148 e. The van der Waals surface area contributed by atoms with Gasteiger partial charge in [0.2, 0.25) is 0 Å². The predicted molar refractivity (Wildman–Crippen MR) is 54.8 cm³/mol. The van der Waals surface area contributed by atoms with Crippen molar-refractivity contribution in [1.82, 2.24) is 0 Å². The summed E-state index contributed by atoms with van der Waals surface area (Å²) < 4.78 is 0. The molecule has 0 bridgehead atoms. The number of carbonyl (C=O) groups is 1. The van der Waals surface area contributed by atoms with E-state index in [1.54, 1.807) is 0 Å². The molecule has 3 atom stereocenters. The molecule has 0 aromatic heterocycles. The van der Waals surface area contributed by atoms with Crippen LogP contribution >= 0.6 is 11.8 Å². The molecular weight excluding hydrogens is 180 g/mol. The van der Waals surface area contributed by atoms with Crippen LogP contribution in [0.5, 0.6) is 0 Å². The first-order chi connectivity index (χ1) is 6.34. The van der Waals surface area contributed by atoms with Crippen LogP contribution < -0.4 is 0 Å². The standard InChI is InChI=1S/C11H16OS/c12-11(10-2-1-3-13-10)9-5-7-4-8(7)6-9/h7-10H,1-6H2. The molecular formula is C11H16OS. The zero-order valence-electron chi connectivity index (χ0n) is 7.87. The minimum atomic E-state index is 0.391. The number of rotatable bonds is 2. The van der Waals surface area contributed by atoms with Crippen molar-refractivity contribution in [2.75, 3.05) is 5.75 Å². The summed E-state index contributed by atoms with van der Waals surface area (Å²) in [6, 6.07) is 0. The van der Waals surface area contributed by atoms with E-state index in [2.05, 4.69) is 0 Å². The van der Waals surface area contributed by atoms with Crippen molar-refractivity contribution in [2.24, 2.45) is 17.8 Å². The first kappa shape index (κ1) is 8.34. The van der Waals surface area contributed by atoms with Crippen molar-refractivity contribution in [3.05, 3.63) is 0 Å². The molecule has 2 aliphatic carbocycles. The average Bonchev–Trinajstić information content (AvgIpc) is 2.63. The molecule has 0 N–H and O–H groups in total. The van der Waals surface area contributed by atoms with E-state index in [9.17, 15) is 4.79 Å². The molecule has 1 heterocycles. The molecule has 1 nitrogen and oxygen atoms in total. The van der Waals surface area contributed by atoms with Gasteiger partial charge in [0.15, 0.2) is 0 Å². The van der Waals surface area contributed by atoms with Gasteiger partial charge in [-0.25, -0.2) is 0 Å². The molecule has 2 heteroatoms. The Hall–Kier alpha value is 0.0200. The summed E-state index contributed by atoms with van der Waals surface area (Å²) in [5, 5.41) is 0.391. The van der Waals surface area contributed by atoms with Crippen LogP contribution in [-0.4, -0.2) is 16.8 Å². The zero-order chi connectivity index (χ0) is 8.84. The van der Waals surface area contributed by atoms with E-state index in [1.807, 2.05) is 11.8 Å². The number of fused-ring (bicyclic) bond motifs is 1. The second kappa shape index (κ2) is 3.01. The van der Waals surface area contributed by atoms with Gasteiger partial charge in [0, 0.05) is 5.92 Å². The van der Waals surface area contributed by atoms with Gasteiger partial charge in [-0.2, -0.15) is 11.8 Å². The topological polar surface area (TPSA) is 17.1 Å². The second-order valence-electron chi connectivity index (χ2n) is 4.83.